The topological polar surface area (TPSA) is 36.7 Å². The van der Waals surface area contributed by atoms with E-state index in [0.717, 1.165) is 47.2 Å². The number of hydrogen-bond donors (Lipinski definition) is 0. The fraction of sp³-hybridized carbons (Fsp3) is 0.120. The Morgan fingerprint density at radius 2 is 1.57 bits per heavy atom. The summed E-state index contributed by atoms with van der Waals surface area (Å²) in [5.74, 6) is 1.05. The molecule has 0 N–H and O–H groups in total. The van der Waals surface area contributed by atoms with Gasteiger partial charge >= 0.3 is 0 Å². The van der Waals surface area contributed by atoms with Gasteiger partial charge in [0.25, 0.3) is 0 Å². The maximum absolute atomic E-state index is 4.69. The highest BCUT2D eigenvalue weighted by atomic mass is 15.3. The van der Waals surface area contributed by atoms with Crippen LogP contribution in [0.4, 0.5) is 17.1 Å². The van der Waals surface area contributed by atoms with Crippen LogP contribution in [0, 0.1) is 0 Å². The second-order valence-electron chi connectivity index (χ2n) is 7.32. The van der Waals surface area contributed by atoms with E-state index in [9.17, 15) is 0 Å². The van der Waals surface area contributed by atoms with Crippen molar-refractivity contribution >= 4 is 22.9 Å². The van der Waals surface area contributed by atoms with Gasteiger partial charge in [-0.25, -0.2) is 4.68 Å². The Morgan fingerprint density at radius 1 is 0.800 bits per heavy atom. The van der Waals surface area contributed by atoms with E-state index in [1.807, 2.05) is 23.0 Å². The van der Waals surface area contributed by atoms with Crippen molar-refractivity contribution in [2.75, 3.05) is 25.0 Å². The first-order valence-electron chi connectivity index (χ1n) is 10.1. The summed E-state index contributed by atoms with van der Waals surface area (Å²) < 4.78 is 1.88. The minimum absolute atomic E-state index is 0.852. The molecule has 148 valence electrons. The maximum Gasteiger partial charge on any atom is 0.130 e. The average Bonchev–Trinajstić information content (AvgIpc) is 3.47. The van der Waals surface area contributed by atoms with E-state index in [0.29, 0.717) is 0 Å². The molecule has 0 bridgehead atoms. The Hall–Kier alpha value is -3.86. The first kappa shape index (κ1) is 18.2. The van der Waals surface area contributed by atoms with Crippen LogP contribution in [0.2, 0.25) is 0 Å². The van der Waals surface area contributed by atoms with Crippen molar-refractivity contribution in [3.05, 3.63) is 103 Å². The molecule has 1 aliphatic heterocycles. The molecule has 0 saturated carbocycles. The molecule has 1 aliphatic rings. The van der Waals surface area contributed by atoms with Crippen molar-refractivity contribution in [1.29, 1.82) is 0 Å². The number of likely N-dealkylation sites (N-methyl/N-ethyl adjacent to an activating group) is 1. The molecule has 5 nitrogen and oxygen atoms in total. The standard InChI is InChI=1S/C25H23N5/c1-28-17-15-26-25(28)20-8-5-12-23(18-20)30(21-9-3-2-4-10-21)24-13-6-11-22(19-24)29-16-7-14-27-29/h2-14,16,18-19H,15,17H2,1H3. The van der Waals surface area contributed by atoms with E-state index in [2.05, 4.69) is 94.7 Å². The molecule has 0 atom stereocenters. The predicted octanol–water partition coefficient (Wildman–Crippen LogP) is 5.03. The predicted molar refractivity (Wildman–Crippen MR) is 122 cm³/mol. The van der Waals surface area contributed by atoms with Crippen LogP contribution in [-0.2, 0) is 0 Å². The number of anilines is 3. The molecular weight excluding hydrogens is 370 g/mol. The smallest absolute Gasteiger partial charge is 0.130 e. The van der Waals surface area contributed by atoms with Crippen LogP contribution in [0.15, 0.2) is 102 Å². The zero-order valence-electron chi connectivity index (χ0n) is 16.9. The van der Waals surface area contributed by atoms with Crippen LogP contribution in [-0.4, -0.2) is 40.7 Å². The zero-order chi connectivity index (χ0) is 20.3. The van der Waals surface area contributed by atoms with Gasteiger partial charge in [0.2, 0.25) is 0 Å². The first-order valence-corrected chi connectivity index (χ1v) is 10.1. The summed E-state index contributed by atoms with van der Waals surface area (Å²) in [7, 11) is 2.10. The van der Waals surface area contributed by atoms with Gasteiger partial charge in [-0.3, -0.25) is 4.99 Å². The van der Waals surface area contributed by atoms with Crippen molar-refractivity contribution in [2.24, 2.45) is 4.99 Å². The van der Waals surface area contributed by atoms with E-state index in [-0.39, 0.29) is 0 Å². The minimum Gasteiger partial charge on any atom is -0.358 e. The van der Waals surface area contributed by atoms with Crippen molar-refractivity contribution in [3.63, 3.8) is 0 Å². The fourth-order valence-corrected chi connectivity index (χ4v) is 3.85. The quantitative estimate of drug-likeness (QED) is 0.477. The summed E-state index contributed by atoms with van der Waals surface area (Å²) in [5, 5.41) is 4.38. The van der Waals surface area contributed by atoms with Gasteiger partial charge in [0.05, 0.1) is 12.2 Å². The van der Waals surface area contributed by atoms with Gasteiger partial charge in [-0.1, -0.05) is 36.4 Å². The van der Waals surface area contributed by atoms with E-state index < -0.39 is 0 Å². The highest BCUT2D eigenvalue weighted by Gasteiger charge is 2.18. The van der Waals surface area contributed by atoms with Crippen LogP contribution in [0.1, 0.15) is 5.56 Å². The molecule has 5 heteroatoms. The zero-order valence-corrected chi connectivity index (χ0v) is 16.9. The van der Waals surface area contributed by atoms with Crippen LogP contribution < -0.4 is 4.90 Å². The summed E-state index contributed by atoms with van der Waals surface area (Å²) in [6.07, 6.45) is 3.75. The van der Waals surface area contributed by atoms with E-state index in [1.54, 1.807) is 6.20 Å². The van der Waals surface area contributed by atoms with E-state index >= 15 is 0 Å². The molecule has 0 spiro atoms. The van der Waals surface area contributed by atoms with Gasteiger partial charge < -0.3 is 9.80 Å². The van der Waals surface area contributed by atoms with E-state index in [1.165, 1.54) is 0 Å². The molecule has 2 heterocycles. The summed E-state index contributed by atoms with van der Waals surface area (Å²) in [4.78, 5) is 9.18. The number of para-hydroxylation sites is 1. The summed E-state index contributed by atoms with van der Waals surface area (Å²) in [5.41, 5.74) is 5.44. The van der Waals surface area contributed by atoms with Gasteiger partial charge in [0.1, 0.15) is 5.84 Å². The molecule has 0 saturated heterocycles. The van der Waals surface area contributed by atoms with Crippen LogP contribution in [0.3, 0.4) is 0 Å². The lowest BCUT2D eigenvalue weighted by molar-refractivity contribution is 0.557. The molecule has 1 aromatic heterocycles. The molecular formula is C25H23N5. The summed E-state index contributed by atoms with van der Waals surface area (Å²) in [6.45, 7) is 1.82. The summed E-state index contributed by atoms with van der Waals surface area (Å²) >= 11 is 0. The molecule has 3 aromatic carbocycles. The average molecular weight is 393 g/mol. The van der Waals surface area contributed by atoms with Gasteiger partial charge in [-0.05, 0) is 48.5 Å². The minimum atomic E-state index is 0.852. The Morgan fingerprint density at radius 3 is 2.30 bits per heavy atom. The van der Waals surface area contributed by atoms with Crippen LogP contribution >= 0.6 is 0 Å². The molecule has 5 rings (SSSR count). The Balaban J connectivity index is 1.62. The highest BCUT2D eigenvalue weighted by Crippen LogP contribution is 2.35. The lowest BCUT2D eigenvalue weighted by Crippen LogP contribution is -2.23. The second-order valence-corrected chi connectivity index (χ2v) is 7.32. The Labute approximate surface area is 176 Å². The second kappa shape index (κ2) is 7.87. The third kappa shape index (κ3) is 3.46. The van der Waals surface area contributed by atoms with Gasteiger partial charge in [-0.2, -0.15) is 5.10 Å². The fourth-order valence-electron chi connectivity index (χ4n) is 3.85. The first-order chi connectivity index (χ1) is 14.8. The number of rotatable bonds is 5. The molecule has 0 aliphatic carbocycles. The Bertz CT molecular complexity index is 1170. The number of aromatic nitrogens is 2. The molecule has 4 aromatic rings. The normalized spacial score (nSPS) is 13.4. The van der Waals surface area contributed by atoms with Crippen molar-refractivity contribution < 1.29 is 0 Å². The number of amidine groups is 1. The number of benzene rings is 3. The van der Waals surface area contributed by atoms with Crippen LogP contribution in [0.5, 0.6) is 0 Å². The maximum atomic E-state index is 4.69. The number of hydrogen-bond acceptors (Lipinski definition) is 4. The SMILES string of the molecule is CN1CCN=C1c1cccc(N(c2ccccc2)c2cccc(-n3cccn3)c2)c1. The van der Waals surface area contributed by atoms with E-state index in [4.69, 9.17) is 4.99 Å². The molecule has 0 radical (unpaired) electrons. The highest BCUT2D eigenvalue weighted by molar-refractivity contribution is 6.00. The monoisotopic (exact) mass is 393 g/mol. The molecule has 0 unspecified atom stereocenters. The number of aliphatic imine (C=N–C) groups is 1. The largest absolute Gasteiger partial charge is 0.358 e. The lowest BCUT2D eigenvalue weighted by atomic mass is 10.1. The lowest BCUT2D eigenvalue weighted by Gasteiger charge is -2.26. The van der Waals surface area contributed by atoms with Gasteiger partial charge in [0, 0.05) is 48.6 Å². The molecule has 0 fully saturated rings. The third-order valence-electron chi connectivity index (χ3n) is 5.29. The third-order valence-corrected chi connectivity index (χ3v) is 5.29. The van der Waals surface area contributed by atoms with Crippen molar-refractivity contribution in [2.45, 2.75) is 0 Å². The molecule has 0 amide bonds. The van der Waals surface area contributed by atoms with Gasteiger partial charge in [0.15, 0.2) is 0 Å². The van der Waals surface area contributed by atoms with Crippen LogP contribution in [0.25, 0.3) is 5.69 Å². The Kier molecular flexibility index (Phi) is 4.77. The number of nitrogens with zero attached hydrogens (tertiary/aromatic N) is 5. The summed E-state index contributed by atoms with van der Waals surface area (Å²) in [6, 6.07) is 29.4. The van der Waals surface area contributed by atoms with Crippen molar-refractivity contribution in [1.82, 2.24) is 14.7 Å². The molecule has 30 heavy (non-hydrogen) atoms. The van der Waals surface area contributed by atoms with Crippen molar-refractivity contribution in [3.8, 4) is 5.69 Å². The van der Waals surface area contributed by atoms with Gasteiger partial charge in [-0.15, -0.1) is 0 Å².